The van der Waals surface area contributed by atoms with Crippen LogP contribution in [0.2, 0.25) is 0 Å². The molecule has 4 aromatic rings. The lowest BCUT2D eigenvalue weighted by atomic mass is 10.1. The summed E-state index contributed by atoms with van der Waals surface area (Å²) in [5.74, 6) is 0.129. The second-order valence-electron chi connectivity index (χ2n) is 7.56. The van der Waals surface area contributed by atoms with Crippen LogP contribution in [0.5, 0.6) is 0 Å². The van der Waals surface area contributed by atoms with Crippen LogP contribution in [-0.2, 0) is 4.74 Å². The summed E-state index contributed by atoms with van der Waals surface area (Å²) in [6.45, 7) is 6.06. The van der Waals surface area contributed by atoms with Gasteiger partial charge < -0.3 is 19.9 Å². The van der Waals surface area contributed by atoms with Crippen molar-refractivity contribution in [3.05, 3.63) is 77.9 Å². The SMILES string of the molecule is CCN(CC)c1ccc(C(=O)Nc2ccc3nc(-c4ccc(C(=O)OC)cc4)[nH]c3c2)cc1. The highest BCUT2D eigenvalue weighted by molar-refractivity contribution is 6.05. The number of imidazole rings is 1. The molecule has 0 saturated carbocycles. The van der Waals surface area contributed by atoms with Crippen molar-refractivity contribution in [3.8, 4) is 11.4 Å². The third kappa shape index (κ3) is 4.72. The number of rotatable bonds is 7. The molecule has 0 saturated heterocycles. The van der Waals surface area contributed by atoms with Crippen molar-refractivity contribution in [2.24, 2.45) is 0 Å². The van der Waals surface area contributed by atoms with Crippen LogP contribution in [0.4, 0.5) is 11.4 Å². The van der Waals surface area contributed by atoms with Crippen molar-refractivity contribution in [2.45, 2.75) is 13.8 Å². The maximum Gasteiger partial charge on any atom is 0.337 e. The fraction of sp³-hybridized carbons (Fsp3) is 0.192. The van der Waals surface area contributed by atoms with Gasteiger partial charge in [-0.2, -0.15) is 0 Å². The molecule has 0 aliphatic heterocycles. The Kier molecular flexibility index (Phi) is 6.40. The van der Waals surface area contributed by atoms with Gasteiger partial charge in [-0.1, -0.05) is 12.1 Å². The smallest absolute Gasteiger partial charge is 0.337 e. The number of carbonyl (C=O) groups is 2. The number of nitrogens with one attached hydrogen (secondary N) is 2. The number of fused-ring (bicyclic) bond motifs is 1. The largest absolute Gasteiger partial charge is 0.465 e. The molecular formula is C26H26N4O3. The predicted molar refractivity (Wildman–Crippen MR) is 131 cm³/mol. The van der Waals surface area contributed by atoms with E-state index in [4.69, 9.17) is 4.74 Å². The second-order valence-corrected chi connectivity index (χ2v) is 7.56. The first kappa shape index (κ1) is 22.1. The van der Waals surface area contributed by atoms with E-state index in [1.54, 1.807) is 12.1 Å². The van der Waals surface area contributed by atoms with Gasteiger partial charge in [-0.15, -0.1) is 0 Å². The summed E-state index contributed by atoms with van der Waals surface area (Å²) in [6.07, 6.45) is 0. The highest BCUT2D eigenvalue weighted by atomic mass is 16.5. The van der Waals surface area contributed by atoms with Crippen molar-refractivity contribution in [1.82, 2.24) is 9.97 Å². The fourth-order valence-electron chi connectivity index (χ4n) is 3.72. The summed E-state index contributed by atoms with van der Waals surface area (Å²) in [6, 6.07) is 20.2. The average Bonchev–Trinajstić information content (AvgIpc) is 3.28. The van der Waals surface area contributed by atoms with E-state index < -0.39 is 0 Å². The lowest BCUT2D eigenvalue weighted by Gasteiger charge is -2.21. The summed E-state index contributed by atoms with van der Waals surface area (Å²) < 4.78 is 4.73. The molecule has 0 aliphatic rings. The number of anilines is 2. The quantitative estimate of drug-likeness (QED) is 0.388. The van der Waals surface area contributed by atoms with Crippen LogP contribution in [0, 0.1) is 0 Å². The zero-order valence-electron chi connectivity index (χ0n) is 18.9. The van der Waals surface area contributed by atoms with Gasteiger partial charge in [0.1, 0.15) is 5.82 Å². The maximum absolute atomic E-state index is 12.7. The van der Waals surface area contributed by atoms with E-state index in [2.05, 4.69) is 34.0 Å². The number of nitrogens with zero attached hydrogens (tertiary/aromatic N) is 2. The highest BCUT2D eigenvalue weighted by Crippen LogP contribution is 2.24. The van der Waals surface area contributed by atoms with Gasteiger partial charge in [-0.05, 0) is 68.4 Å². The Labute approximate surface area is 192 Å². The lowest BCUT2D eigenvalue weighted by molar-refractivity contribution is 0.0600. The van der Waals surface area contributed by atoms with Crippen LogP contribution in [0.1, 0.15) is 34.6 Å². The van der Waals surface area contributed by atoms with Crippen LogP contribution in [0.25, 0.3) is 22.4 Å². The topological polar surface area (TPSA) is 87.3 Å². The summed E-state index contributed by atoms with van der Waals surface area (Å²) >= 11 is 0. The van der Waals surface area contributed by atoms with Gasteiger partial charge in [-0.25, -0.2) is 9.78 Å². The zero-order valence-corrected chi connectivity index (χ0v) is 18.9. The Morgan fingerprint density at radius 2 is 1.61 bits per heavy atom. The highest BCUT2D eigenvalue weighted by Gasteiger charge is 2.11. The number of ether oxygens (including phenoxy) is 1. The summed E-state index contributed by atoms with van der Waals surface area (Å²) in [7, 11) is 1.35. The number of hydrogen-bond donors (Lipinski definition) is 2. The van der Waals surface area contributed by atoms with E-state index in [-0.39, 0.29) is 11.9 Å². The first-order chi connectivity index (χ1) is 16.0. The number of hydrogen-bond acceptors (Lipinski definition) is 5. The molecular weight excluding hydrogens is 416 g/mol. The van der Waals surface area contributed by atoms with Crippen molar-refractivity contribution < 1.29 is 14.3 Å². The van der Waals surface area contributed by atoms with Crippen LogP contribution in [0.3, 0.4) is 0 Å². The van der Waals surface area contributed by atoms with Gasteiger partial charge in [0.15, 0.2) is 0 Å². The van der Waals surface area contributed by atoms with Crippen LogP contribution in [-0.4, -0.2) is 42.0 Å². The third-order valence-corrected chi connectivity index (χ3v) is 5.58. The molecule has 1 aromatic heterocycles. The van der Waals surface area contributed by atoms with Gasteiger partial charge in [0.2, 0.25) is 0 Å². The number of aromatic amines is 1. The molecule has 0 bridgehead atoms. The Hall–Kier alpha value is -4.13. The van der Waals surface area contributed by atoms with Gasteiger partial charge in [-0.3, -0.25) is 4.79 Å². The first-order valence-electron chi connectivity index (χ1n) is 10.9. The molecule has 0 unspecified atom stereocenters. The molecule has 168 valence electrons. The Morgan fingerprint density at radius 3 is 2.24 bits per heavy atom. The van der Waals surface area contributed by atoms with Gasteiger partial charge in [0.05, 0.1) is 23.7 Å². The number of amides is 1. The third-order valence-electron chi connectivity index (χ3n) is 5.58. The van der Waals surface area contributed by atoms with Gasteiger partial charge >= 0.3 is 5.97 Å². The summed E-state index contributed by atoms with van der Waals surface area (Å²) in [4.78, 5) is 34.5. The Balaban J connectivity index is 1.50. The monoisotopic (exact) mass is 442 g/mol. The van der Waals surface area contributed by atoms with Crippen molar-refractivity contribution >= 4 is 34.3 Å². The molecule has 1 heterocycles. The minimum absolute atomic E-state index is 0.168. The minimum Gasteiger partial charge on any atom is -0.465 e. The molecule has 1 amide bonds. The van der Waals surface area contributed by atoms with Gasteiger partial charge in [0, 0.05) is 35.6 Å². The molecule has 33 heavy (non-hydrogen) atoms. The van der Waals surface area contributed by atoms with Crippen molar-refractivity contribution in [1.29, 1.82) is 0 Å². The standard InChI is InChI=1S/C26H26N4O3/c1-4-30(5-2)21-13-10-18(11-14-21)25(31)27-20-12-15-22-23(16-20)29-24(28-22)17-6-8-19(9-7-17)26(32)33-3/h6-16H,4-5H2,1-3H3,(H,27,31)(H,28,29). The first-order valence-corrected chi connectivity index (χ1v) is 10.9. The number of carbonyl (C=O) groups excluding carboxylic acids is 2. The number of aromatic nitrogens is 2. The van der Waals surface area contributed by atoms with Crippen molar-refractivity contribution in [2.75, 3.05) is 30.4 Å². The normalized spacial score (nSPS) is 10.8. The number of benzene rings is 3. The second kappa shape index (κ2) is 9.56. The van der Waals surface area contributed by atoms with Crippen molar-refractivity contribution in [3.63, 3.8) is 0 Å². The van der Waals surface area contributed by atoms with Crippen LogP contribution < -0.4 is 10.2 Å². The van der Waals surface area contributed by atoms with E-state index in [0.29, 0.717) is 22.6 Å². The Morgan fingerprint density at radius 1 is 0.939 bits per heavy atom. The molecule has 7 nitrogen and oxygen atoms in total. The van der Waals surface area contributed by atoms with E-state index in [9.17, 15) is 9.59 Å². The van der Waals surface area contributed by atoms with Crippen LogP contribution >= 0.6 is 0 Å². The van der Waals surface area contributed by atoms with Crippen LogP contribution in [0.15, 0.2) is 66.7 Å². The maximum atomic E-state index is 12.7. The number of H-pyrrole nitrogens is 1. The fourth-order valence-corrected chi connectivity index (χ4v) is 3.72. The lowest BCUT2D eigenvalue weighted by Crippen LogP contribution is -2.21. The van der Waals surface area contributed by atoms with E-state index in [1.165, 1.54) is 7.11 Å². The zero-order chi connectivity index (χ0) is 23.4. The molecule has 0 aliphatic carbocycles. The van der Waals surface area contributed by atoms with E-state index >= 15 is 0 Å². The molecule has 2 N–H and O–H groups in total. The molecule has 3 aromatic carbocycles. The summed E-state index contributed by atoms with van der Waals surface area (Å²) in [5, 5.41) is 2.95. The van der Waals surface area contributed by atoms with E-state index in [0.717, 1.165) is 35.4 Å². The van der Waals surface area contributed by atoms with E-state index in [1.807, 2.05) is 54.6 Å². The molecule has 0 spiro atoms. The minimum atomic E-state index is -0.380. The predicted octanol–water partition coefficient (Wildman–Crippen LogP) is 5.12. The number of methoxy groups -OCH3 is 1. The molecule has 7 heteroatoms. The Bertz CT molecular complexity index is 1270. The molecule has 0 atom stereocenters. The number of esters is 1. The molecule has 0 radical (unpaired) electrons. The average molecular weight is 443 g/mol. The molecule has 4 rings (SSSR count). The van der Waals surface area contributed by atoms with Gasteiger partial charge in [0.25, 0.3) is 5.91 Å². The molecule has 0 fully saturated rings. The summed E-state index contributed by atoms with van der Waals surface area (Å²) in [5.41, 5.74) is 5.28.